The van der Waals surface area contributed by atoms with E-state index in [0.717, 1.165) is 0 Å². The van der Waals surface area contributed by atoms with Crippen LogP contribution >= 0.6 is 0 Å². The second kappa shape index (κ2) is 5.95. The molecule has 2 aromatic heterocycles. The van der Waals surface area contributed by atoms with Crippen molar-refractivity contribution < 1.29 is 9.84 Å². The minimum absolute atomic E-state index is 0.0995. The third-order valence-electron chi connectivity index (χ3n) is 3.52. The molecule has 0 radical (unpaired) electrons. The largest absolute Gasteiger partial charge is 0.394 e. The molecule has 1 saturated heterocycles. The Morgan fingerprint density at radius 2 is 2.32 bits per heavy atom. The maximum Gasteiger partial charge on any atom is 0.184 e. The van der Waals surface area contributed by atoms with Gasteiger partial charge in [0, 0.05) is 26.6 Å². The molecule has 9 heteroatoms. The van der Waals surface area contributed by atoms with Gasteiger partial charge in [0.1, 0.15) is 12.6 Å². The van der Waals surface area contributed by atoms with E-state index in [2.05, 4.69) is 19.9 Å². The SMILES string of the molecule is CN(C)C=Nc1ncnc2c1ncn2C1CC(N)C(CO)O1. The summed E-state index contributed by atoms with van der Waals surface area (Å²) < 4.78 is 7.56. The number of hydrogen-bond donors (Lipinski definition) is 2. The van der Waals surface area contributed by atoms with Gasteiger partial charge >= 0.3 is 0 Å². The molecular formula is C13H19N7O2. The van der Waals surface area contributed by atoms with E-state index in [4.69, 9.17) is 10.5 Å². The van der Waals surface area contributed by atoms with E-state index in [-0.39, 0.29) is 25.0 Å². The summed E-state index contributed by atoms with van der Waals surface area (Å²) in [5, 5.41) is 9.25. The van der Waals surface area contributed by atoms with Crippen molar-refractivity contribution in [3.05, 3.63) is 12.7 Å². The van der Waals surface area contributed by atoms with Crippen LogP contribution in [0.2, 0.25) is 0 Å². The third kappa shape index (κ3) is 2.65. The lowest BCUT2D eigenvalue weighted by Crippen LogP contribution is -2.32. The number of ether oxygens (including phenoxy) is 1. The molecule has 1 fully saturated rings. The predicted octanol–water partition coefficient (Wildman–Crippen LogP) is -0.345. The number of aliphatic imine (C=N–C) groups is 1. The number of nitrogens with zero attached hydrogens (tertiary/aromatic N) is 6. The summed E-state index contributed by atoms with van der Waals surface area (Å²) >= 11 is 0. The Morgan fingerprint density at radius 1 is 1.50 bits per heavy atom. The molecule has 0 saturated carbocycles. The summed E-state index contributed by atoms with van der Waals surface area (Å²) in [6.45, 7) is -0.0995. The highest BCUT2D eigenvalue weighted by molar-refractivity contribution is 5.82. The molecule has 1 aliphatic rings. The van der Waals surface area contributed by atoms with E-state index in [0.29, 0.717) is 23.4 Å². The van der Waals surface area contributed by atoms with Crippen molar-refractivity contribution in [3.8, 4) is 0 Å². The number of nitrogens with two attached hydrogens (primary N) is 1. The van der Waals surface area contributed by atoms with Crippen LogP contribution in [0, 0.1) is 0 Å². The standard InChI is InChI=1S/C13H19N7O2/c1-19(2)6-18-12-11-13(16-5-15-12)20(7-17-11)10-3-8(14)9(4-21)22-10/h5-10,21H,3-4,14H2,1-2H3. The summed E-state index contributed by atoms with van der Waals surface area (Å²) in [5.74, 6) is 0.499. The van der Waals surface area contributed by atoms with E-state index in [9.17, 15) is 5.11 Å². The van der Waals surface area contributed by atoms with Crippen LogP contribution in [0.25, 0.3) is 11.2 Å². The zero-order chi connectivity index (χ0) is 15.7. The first-order valence-corrected chi connectivity index (χ1v) is 7.00. The van der Waals surface area contributed by atoms with Gasteiger partial charge in [-0.05, 0) is 0 Å². The predicted molar refractivity (Wildman–Crippen MR) is 80.8 cm³/mol. The number of rotatable bonds is 4. The van der Waals surface area contributed by atoms with E-state index in [1.54, 1.807) is 17.2 Å². The minimum Gasteiger partial charge on any atom is -0.394 e. The summed E-state index contributed by atoms with van der Waals surface area (Å²) in [4.78, 5) is 18.9. The Kier molecular flexibility index (Phi) is 4.01. The van der Waals surface area contributed by atoms with Gasteiger partial charge in [0.15, 0.2) is 17.0 Å². The molecule has 0 aromatic carbocycles. The van der Waals surface area contributed by atoms with E-state index in [1.807, 2.05) is 19.0 Å². The van der Waals surface area contributed by atoms with Gasteiger partial charge in [-0.2, -0.15) is 0 Å². The Hall–Kier alpha value is -2.10. The van der Waals surface area contributed by atoms with Crippen molar-refractivity contribution in [3.63, 3.8) is 0 Å². The monoisotopic (exact) mass is 305 g/mol. The fraction of sp³-hybridized carbons (Fsp3) is 0.538. The highest BCUT2D eigenvalue weighted by Gasteiger charge is 2.34. The van der Waals surface area contributed by atoms with Crippen LogP contribution in [0.4, 0.5) is 5.82 Å². The number of hydrogen-bond acceptors (Lipinski definition) is 7. The quantitative estimate of drug-likeness (QED) is 0.586. The molecular weight excluding hydrogens is 286 g/mol. The Bertz CT molecular complexity index is 684. The second-order valence-electron chi connectivity index (χ2n) is 5.44. The molecule has 2 aromatic rings. The third-order valence-corrected chi connectivity index (χ3v) is 3.52. The lowest BCUT2D eigenvalue weighted by Gasteiger charge is -2.13. The van der Waals surface area contributed by atoms with Gasteiger partial charge in [0.25, 0.3) is 0 Å². The van der Waals surface area contributed by atoms with Crippen molar-refractivity contribution in [1.82, 2.24) is 24.4 Å². The maximum atomic E-state index is 9.25. The molecule has 9 nitrogen and oxygen atoms in total. The molecule has 3 N–H and O–H groups in total. The fourth-order valence-electron chi connectivity index (χ4n) is 2.42. The van der Waals surface area contributed by atoms with Crippen LogP contribution in [0.1, 0.15) is 12.6 Å². The molecule has 0 amide bonds. The van der Waals surface area contributed by atoms with Crippen LogP contribution in [0.15, 0.2) is 17.6 Å². The van der Waals surface area contributed by atoms with Crippen molar-refractivity contribution in [1.29, 1.82) is 0 Å². The van der Waals surface area contributed by atoms with E-state index < -0.39 is 0 Å². The van der Waals surface area contributed by atoms with Crippen LogP contribution in [-0.2, 0) is 4.74 Å². The maximum absolute atomic E-state index is 9.25. The van der Waals surface area contributed by atoms with Crippen LogP contribution in [0.3, 0.4) is 0 Å². The summed E-state index contributed by atoms with van der Waals surface area (Å²) in [6, 6.07) is -0.208. The average molecular weight is 305 g/mol. The number of fused-ring (bicyclic) bond motifs is 1. The Balaban J connectivity index is 1.95. The molecule has 3 atom stereocenters. The lowest BCUT2D eigenvalue weighted by atomic mass is 10.1. The van der Waals surface area contributed by atoms with Crippen molar-refractivity contribution >= 4 is 23.3 Å². The number of aliphatic hydroxyl groups excluding tert-OH is 1. The molecule has 1 aliphatic heterocycles. The van der Waals surface area contributed by atoms with Crippen LogP contribution in [0.5, 0.6) is 0 Å². The molecule has 0 bridgehead atoms. The Labute approximate surface area is 127 Å². The number of imidazole rings is 1. The first-order chi connectivity index (χ1) is 10.6. The zero-order valence-electron chi connectivity index (χ0n) is 12.5. The van der Waals surface area contributed by atoms with Crippen LogP contribution in [-0.4, -0.2) is 68.7 Å². The lowest BCUT2D eigenvalue weighted by molar-refractivity contribution is -0.0233. The first kappa shape index (κ1) is 14.8. The molecule has 3 heterocycles. The van der Waals surface area contributed by atoms with Gasteiger partial charge in [-0.3, -0.25) is 4.57 Å². The van der Waals surface area contributed by atoms with Crippen molar-refractivity contribution in [2.45, 2.75) is 24.8 Å². The average Bonchev–Trinajstić information content (AvgIpc) is 3.08. The zero-order valence-corrected chi connectivity index (χ0v) is 12.5. The fourth-order valence-corrected chi connectivity index (χ4v) is 2.42. The van der Waals surface area contributed by atoms with Crippen LogP contribution < -0.4 is 5.73 Å². The summed E-state index contributed by atoms with van der Waals surface area (Å²) in [5.41, 5.74) is 7.20. The molecule has 118 valence electrons. The molecule has 22 heavy (non-hydrogen) atoms. The van der Waals surface area contributed by atoms with Gasteiger partial charge in [0.05, 0.1) is 25.4 Å². The number of aliphatic hydroxyl groups is 1. The topological polar surface area (TPSA) is 115 Å². The second-order valence-corrected chi connectivity index (χ2v) is 5.44. The first-order valence-electron chi connectivity index (χ1n) is 7.00. The van der Waals surface area contributed by atoms with Gasteiger partial charge in [0.2, 0.25) is 0 Å². The molecule has 0 spiro atoms. The summed E-state index contributed by atoms with van der Waals surface area (Å²) in [7, 11) is 3.76. The molecule has 0 aliphatic carbocycles. The minimum atomic E-state index is -0.365. The van der Waals surface area contributed by atoms with Crippen molar-refractivity contribution in [2.24, 2.45) is 10.7 Å². The van der Waals surface area contributed by atoms with Gasteiger partial charge < -0.3 is 20.5 Å². The van der Waals surface area contributed by atoms with E-state index >= 15 is 0 Å². The van der Waals surface area contributed by atoms with Gasteiger partial charge in [-0.15, -0.1) is 0 Å². The normalized spacial score (nSPS) is 25.4. The Morgan fingerprint density at radius 3 is 3.00 bits per heavy atom. The summed E-state index contributed by atoms with van der Waals surface area (Å²) in [6.07, 6.45) is 4.68. The van der Waals surface area contributed by atoms with E-state index in [1.165, 1.54) is 6.33 Å². The highest BCUT2D eigenvalue weighted by atomic mass is 16.5. The molecule has 3 unspecified atom stereocenters. The van der Waals surface area contributed by atoms with Crippen molar-refractivity contribution in [2.75, 3.05) is 20.7 Å². The molecule has 3 rings (SSSR count). The van der Waals surface area contributed by atoms with Gasteiger partial charge in [-0.25, -0.2) is 19.9 Å². The smallest absolute Gasteiger partial charge is 0.184 e. The van der Waals surface area contributed by atoms with Gasteiger partial charge in [-0.1, -0.05) is 0 Å². The number of aromatic nitrogens is 4. The highest BCUT2D eigenvalue weighted by Crippen LogP contribution is 2.31.